The number of phenolic OH excluding ortho intramolecular Hbond substituents is 2. The monoisotopic (exact) mass is 393 g/mol. The lowest BCUT2D eigenvalue weighted by Crippen LogP contribution is -2.09. The van der Waals surface area contributed by atoms with Crippen LogP contribution in [0.4, 0.5) is 0 Å². The van der Waals surface area contributed by atoms with Crippen molar-refractivity contribution in [2.45, 2.75) is 40.5 Å². The van der Waals surface area contributed by atoms with Gasteiger partial charge in [-0.2, -0.15) is 0 Å². The molecule has 0 unspecified atom stereocenters. The van der Waals surface area contributed by atoms with E-state index < -0.39 is 0 Å². The summed E-state index contributed by atoms with van der Waals surface area (Å²) in [6.45, 7) is 7.97. The molecule has 3 aromatic rings. The first-order chi connectivity index (χ1) is 13.8. The molecule has 0 saturated heterocycles. The van der Waals surface area contributed by atoms with Gasteiger partial charge in [0.25, 0.3) is 0 Å². The molecule has 0 aliphatic rings. The van der Waals surface area contributed by atoms with Gasteiger partial charge in [-0.15, -0.1) is 0 Å². The normalized spacial score (nSPS) is 10.9. The zero-order chi connectivity index (χ0) is 21.3. The van der Waals surface area contributed by atoms with E-state index in [1.165, 1.54) is 6.07 Å². The molecule has 0 saturated carbocycles. The molecular weight excluding hydrogens is 366 g/mol. The fourth-order valence-corrected chi connectivity index (χ4v) is 3.55. The molecule has 5 nitrogen and oxygen atoms in total. The second-order valence-electron chi connectivity index (χ2n) is 7.71. The predicted molar refractivity (Wildman–Crippen MR) is 118 cm³/mol. The Bertz CT molecular complexity index is 1210. The quantitative estimate of drug-likeness (QED) is 0.415. The Morgan fingerprint density at radius 3 is 2.21 bits per heavy atom. The average molecular weight is 393 g/mol. The lowest BCUT2D eigenvalue weighted by molar-refractivity contribution is 0.399. The van der Waals surface area contributed by atoms with Gasteiger partial charge in [-0.05, 0) is 52.7 Å². The van der Waals surface area contributed by atoms with Gasteiger partial charge in [0.1, 0.15) is 17.2 Å². The van der Waals surface area contributed by atoms with Crippen LogP contribution in [0.15, 0.2) is 46.3 Å². The lowest BCUT2D eigenvalue weighted by Gasteiger charge is -2.18. The standard InChI is InChI=1S/C24H27NO4/c1-13(2)9-11-16-21-19(22(27)15-7-6-8-18(26)20(15)25-21)23(28)17(24(16)29-5)12-10-14(3)4/h6-10,26,28H,11-12H2,1-5H3,(H,25,27). The van der Waals surface area contributed by atoms with Gasteiger partial charge < -0.3 is 19.9 Å². The number of aromatic hydroxyl groups is 2. The van der Waals surface area contributed by atoms with Crippen molar-refractivity contribution >= 4 is 21.8 Å². The van der Waals surface area contributed by atoms with Gasteiger partial charge in [0, 0.05) is 11.1 Å². The molecule has 0 aliphatic carbocycles. The number of fused-ring (bicyclic) bond motifs is 2. The molecule has 1 aromatic heterocycles. The van der Waals surface area contributed by atoms with Crippen molar-refractivity contribution in [2.24, 2.45) is 0 Å². The number of aromatic amines is 1. The molecule has 5 heteroatoms. The van der Waals surface area contributed by atoms with E-state index in [1.807, 2.05) is 39.8 Å². The van der Waals surface area contributed by atoms with Gasteiger partial charge in [0.2, 0.25) is 5.43 Å². The smallest absolute Gasteiger partial charge is 0.201 e. The Morgan fingerprint density at radius 1 is 1.00 bits per heavy atom. The van der Waals surface area contributed by atoms with Crippen molar-refractivity contribution in [3.05, 3.63) is 62.8 Å². The number of phenols is 2. The maximum absolute atomic E-state index is 13.3. The topological polar surface area (TPSA) is 82.6 Å². The van der Waals surface area contributed by atoms with E-state index in [1.54, 1.807) is 19.2 Å². The first kappa shape index (κ1) is 20.5. The van der Waals surface area contributed by atoms with Crippen LogP contribution in [-0.2, 0) is 12.8 Å². The Hall–Kier alpha value is -3.21. The molecule has 3 N–H and O–H groups in total. The number of nitrogens with one attached hydrogen (secondary N) is 1. The van der Waals surface area contributed by atoms with E-state index in [2.05, 4.69) is 4.98 Å². The molecule has 0 amide bonds. The van der Waals surface area contributed by atoms with Crippen LogP contribution in [-0.4, -0.2) is 22.3 Å². The fourth-order valence-electron chi connectivity index (χ4n) is 3.55. The third-order valence-corrected chi connectivity index (χ3v) is 5.02. The summed E-state index contributed by atoms with van der Waals surface area (Å²) >= 11 is 0. The summed E-state index contributed by atoms with van der Waals surface area (Å²) < 4.78 is 5.71. The van der Waals surface area contributed by atoms with Gasteiger partial charge >= 0.3 is 0 Å². The van der Waals surface area contributed by atoms with E-state index in [0.717, 1.165) is 16.7 Å². The second kappa shape index (κ2) is 8.03. The minimum atomic E-state index is -0.318. The molecule has 0 radical (unpaired) electrons. The maximum atomic E-state index is 13.3. The molecule has 0 aliphatic heterocycles. The molecular formula is C24H27NO4. The summed E-state index contributed by atoms with van der Waals surface area (Å²) in [5.41, 5.74) is 4.12. The largest absolute Gasteiger partial charge is 0.507 e. The Kier molecular flexibility index (Phi) is 5.69. The fraction of sp³-hybridized carbons (Fsp3) is 0.292. The van der Waals surface area contributed by atoms with E-state index >= 15 is 0 Å². The van der Waals surface area contributed by atoms with Crippen LogP contribution in [0.1, 0.15) is 38.8 Å². The third-order valence-electron chi connectivity index (χ3n) is 5.02. The lowest BCUT2D eigenvalue weighted by atomic mass is 9.95. The number of allylic oxidation sites excluding steroid dienone is 4. The number of hydrogen-bond acceptors (Lipinski definition) is 4. The summed E-state index contributed by atoms with van der Waals surface area (Å²) in [6.07, 6.45) is 5.02. The average Bonchev–Trinajstić information content (AvgIpc) is 2.66. The van der Waals surface area contributed by atoms with Gasteiger partial charge in [0.15, 0.2) is 0 Å². The third kappa shape index (κ3) is 3.73. The number of aromatic nitrogens is 1. The first-order valence-electron chi connectivity index (χ1n) is 9.61. The van der Waals surface area contributed by atoms with E-state index in [-0.39, 0.29) is 22.3 Å². The highest BCUT2D eigenvalue weighted by atomic mass is 16.5. The summed E-state index contributed by atoms with van der Waals surface area (Å²) in [4.78, 5) is 16.5. The van der Waals surface area contributed by atoms with E-state index in [4.69, 9.17) is 4.74 Å². The van der Waals surface area contributed by atoms with Crippen molar-refractivity contribution in [1.82, 2.24) is 4.98 Å². The number of ether oxygens (including phenoxy) is 1. The van der Waals surface area contributed by atoms with Crippen molar-refractivity contribution < 1.29 is 14.9 Å². The van der Waals surface area contributed by atoms with Crippen LogP contribution in [0, 0.1) is 0 Å². The van der Waals surface area contributed by atoms with Crippen molar-refractivity contribution in [2.75, 3.05) is 7.11 Å². The molecule has 3 rings (SSSR count). The number of rotatable bonds is 5. The highest BCUT2D eigenvalue weighted by Gasteiger charge is 2.23. The van der Waals surface area contributed by atoms with Crippen LogP contribution in [0.3, 0.4) is 0 Å². The van der Waals surface area contributed by atoms with Gasteiger partial charge in [0.05, 0.1) is 28.9 Å². The molecule has 0 atom stereocenters. The number of H-pyrrole nitrogens is 1. The summed E-state index contributed by atoms with van der Waals surface area (Å²) in [6, 6.07) is 4.79. The summed E-state index contributed by atoms with van der Waals surface area (Å²) in [5, 5.41) is 21.9. The minimum absolute atomic E-state index is 0.0123. The number of pyridine rings is 1. The predicted octanol–water partition coefficient (Wildman–Crippen LogP) is 5.12. The highest BCUT2D eigenvalue weighted by molar-refractivity contribution is 6.00. The van der Waals surface area contributed by atoms with Gasteiger partial charge in [-0.1, -0.05) is 29.4 Å². The molecule has 29 heavy (non-hydrogen) atoms. The zero-order valence-electron chi connectivity index (χ0n) is 17.5. The first-order valence-corrected chi connectivity index (χ1v) is 9.61. The molecule has 152 valence electrons. The maximum Gasteiger partial charge on any atom is 0.201 e. The van der Waals surface area contributed by atoms with Crippen LogP contribution in [0.5, 0.6) is 17.2 Å². The van der Waals surface area contributed by atoms with Crippen molar-refractivity contribution in [3.63, 3.8) is 0 Å². The minimum Gasteiger partial charge on any atom is -0.507 e. The molecule has 0 bridgehead atoms. The Labute approximate surface area is 170 Å². The SMILES string of the molecule is COc1c(CC=C(C)C)c(O)c2c(=O)c3cccc(O)c3[nH]c2c1CC=C(C)C. The highest BCUT2D eigenvalue weighted by Crippen LogP contribution is 2.40. The number of hydrogen-bond donors (Lipinski definition) is 3. The van der Waals surface area contributed by atoms with Crippen molar-refractivity contribution in [3.8, 4) is 17.2 Å². The van der Waals surface area contributed by atoms with Crippen LogP contribution < -0.4 is 10.2 Å². The summed E-state index contributed by atoms with van der Waals surface area (Å²) in [5.74, 6) is 0.457. The Morgan fingerprint density at radius 2 is 1.62 bits per heavy atom. The second-order valence-corrected chi connectivity index (χ2v) is 7.71. The van der Waals surface area contributed by atoms with Crippen LogP contribution in [0.2, 0.25) is 0 Å². The van der Waals surface area contributed by atoms with Gasteiger partial charge in [-0.25, -0.2) is 0 Å². The summed E-state index contributed by atoms with van der Waals surface area (Å²) in [7, 11) is 1.56. The molecule has 1 heterocycles. The zero-order valence-corrected chi connectivity index (χ0v) is 17.5. The van der Waals surface area contributed by atoms with Crippen LogP contribution in [0.25, 0.3) is 21.8 Å². The Balaban J connectivity index is 2.53. The number of benzene rings is 2. The van der Waals surface area contributed by atoms with Crippen molar-refractivity contribution in [1.29, 1.82) is 0 Å². The molecule has 0 spiro atoms. The van der Waals surface area contributed by atoms with E-state index in [9.17, 15) is 15.0 Å². The van der Waals surface area contributed by atoms with Crippen LogP contribution >= 0.6 is 0 Å². The van der Waals surface area contributed by atoms with Gasteiger partial charge in [-0.3, -0.25) is 4.79 Å². The number of para-hydroxylation sites is 1. The molecule has 2 aromatic carbocycles. The number of methoxy groups -OCH3 is 1. The molecule has 0 fully saturated rings. The van der Waals surface area contributed by atoms with E-state index in [0.29, 0.717) is 40.6 Å².